The molecule has 1 amide bonds. The average molecular weight is 239 g/mol. The van der Waals surface area contributed by atoms with Crippen LogP contribution in [0.25, 0.3) is 0 Å². The molecule has 7 heteroatoms. The summed E-state index contributed by atoms with van der Waals surface area (Å²) in [5.74, 6) is 4.46. The van der Waals surface area contributed by atoms with Crippen LogP contribution in [0.15, 0.2) is 0 Å². The Bertz CT molecular complexity index is 253. The Morgan fingerprint density at radius 1 is 1.56 bits per heavy atom. The normalized spacial score (nSPS) is 18.6. The van der Waals surface area contributed by atoms with E-state index in [4.69, 9.17) is 5.84 Å². The summed E-state index contributed by atoms with van der Waals surface area (Å²) in [5, 5.41) is 0. The highest BCUT2D eigenvalue weighted by molar-refractivity contribution is 5.75. The molecular weight excluding hydrogens is 223 g/mol. The van der Waals surface area contributed by atoms with Gasteiger partial charge in [-0.2, -0.15) is 13.2 Å². The fourth-order valence-electron chi connectivity index (χ4n) is 1.70. The highest BCUT2D eigenvalue weighted by Crippen LogP contribution is 2.32. The first-order valence-electron chi connectivity index (χ1n) is 5.15. The lowest BCUT2D eigenvalue weighted by atomic mass is 10.2. The van der Waals surface area contributed by atoms with E-state index >= 15 is 0 Å². The molecule has 0 aromatic rings. The number of halogens is 3. The molecule has 3 N–H and O–H groups in total. The van der Waals surface area contributed by atoms with Gasteiger partial charge in [-0.1, -0.05) is 0 Å². The van der Waals surface area contributed by atoms with Crippen molar-refractivity contribution in [2.24, 2.45) is 5.84 Å². The molecule has 1 fully saturated rings. The lowest BCUT2D eigenvalue weighted by molar-refractivity contribution is -0.153. The van der Waals surface area contributed by atoms with Crippen molar-refractivity contribution >= 4 is 5.91 Å². The van der Waals surface area contributed by atoms with Crippen molar-refractivity contribution in [1.82, 2.24) is 10.3 Å². The largest absolute Gasteiger partial charge is 0.401 e. The van der Waals surface area contributed by atoms with Gasteiger partial charge in [0.25, 0.3) is 0 Å². The second-order valence-corrected chi connectivity index (χ2v) is 4.14. The molecule has 1 aliphatic carbocycles. The fourth-order valence-corrected chi connectivity index (χ4v) is 1.70. The molecular formula is C9H16F3N3O. The predicted molar refractivity (Wildman–Crippen MR) is 52.2 cm³/mol. The molecule has 94 valence electrons. The van der Waals surface area contributed by atoms with Gasteiger partial charge < -0.3 is 0 Å². The number of carbonyl (C=O) groups excluding carboxylic acids is 1. The monoisotopic (exact) mass is 239 g/mol. The van der Waals surface area contributed by atoms with Crippen LogP contribution in [0.5, 0.6) is 0 Å². The number of nitrogens with two attached hydrogens (primary N) is 1. The van der Waals surface area contributed by atoms with Crippen molar-refractivity contribution in [3.8, 4) is 0 Å². The zero-order valence-electron chi connectivity index (χ0n) is 9.05. The molecule has 0 saturated heterocycles. The van der Waals surface area contributed by atoms with E-state index in [9.17, 15) is 18.0 Å². The molecule has 0 aromatic heterocycles. The van der Waals surface area contributed by atoms with E-state index in [2.05, 4.69) is 0 Å². The molecule has 1 rings (SSSR count). The first-order chi connectivity index (χ1) is 7.33. The number of hydrogen-bond donors (Lipinski definition) is 2. The number of rotatable bonds is 5. The van der Waals surface area contributed by atoms with Gasteiger partial charge in [0.05, 0.1) is 6.54 Å². The summed E-state index contributed by atoms with van der Waals surface area (Å²) < 4.78 is 36.9. The summed E-state index contributed by atoms with van der Waals surface area (Å²) in [5.41, 5.74) is 1.93. The molecule has 0 aliphatic heterocycles. The topological polar surface area (TPSA) is 58.4 Å². The number of amides is 1. The number of nitrogens with zero attached hydrogens (tertiary/aromatic N) is 1. The molecule has 1 aliphatic rings. The average Bonchev–Trinajstić information content (AvgIpc) is 2.95. The zero-order chi connectivity index (χ0) is 12.3. The van der Waals surface area contributed by atoms with Crippen LogP contribution in [0.4, 0.5) is 13.2 Å². The smallest absolute Gasteiger partial charge is 0.294 e. The second kappa shape index (κ2) is 5.01. The number of hydrogen-bond acceptors (Lipinski definition) is 3. The van der Waals surface area contributed by atoms with Gasteiger partial charge in [-0.25, -0.2) is 5.84 Å². The number of hydrazine groups is 1. The highest BCUT2D eigenvalue weighted by Gasteiger charge is 2.40. The van der Waals surface area contributed by atoms with Gasteiger partial charge in [0.15, 0.2) is 0 Å². The summed E-state index contributed by atoms with van der Waals surface area (Å²) in [6.07, 6.45) is -2.70. The molecule has 0 spiro atoms. The molecule has 0 bridgehead atoms. The molecule has 1 unspecified atom stereocenters. The highest BCUT2D eigenvalue weighted by atomic mass is 19.4. The maximum atomic E-state index is 12.3. The lowest BCUT2D eigenvalue weighted by Crippen LogP contribution is -2.44. The van der Waals surface area contributed by atoms with Crippen molar-refractivity contribution in [1.29, 1.82) is 0 Å². The Labute approximate surface area is 91.9 Å². The van der Waals surface area contributed by atoms with Crippen LogP contribution in [0.1, 0.15) is 26.2 Å². The third kappa shape index (κ3) is 4.36. The van der Waals surface area contributed by atoms with Crippen LogP contribution in [-0.2, 0) is 4.79 Å². The maximum Gasteiger partial charge on any atom is 0.401 e. The number of alkyl halides is 3. The summed E-state index contributed by atoms with van der Waals surface area (Å²) in [6, 6.07) is -0.486. The van der Waals surface area contributed by atoms with Crippen molar-refractivity contribution < 1.29 is 18.0 Å². The minimum Gasteiger partial charge on any atom is -0.294 e. The molecule has 1 atom stereocenters. The molecule has 1 saturated carbocycles. The SMILES string of the molecule is CC(CC(=O)NN)N(CC(F)(F)F)C1CC1. The van der Waals surface area contributed by atoms with Gasteiger partial charge in [0, 0.05) is 18.5 Å². The van der Waals surface area contributed by atoms with E-state index in [0.29, 0.717) is 0 Å². The first-order valence-corrected chi connectivity index (χ1v) is 5.15. The fraction of sp³-hybridized carbons (Fsp3) is 0.889. The first kappa shape index (κ1) is 13.2. The minimum absolute atomic E-state index is 0.0108. The van der Waals surface area contributed by atoms with Crippen LogP contribution in [0.2, 0.25) is 0 Å². The number of carbonyl (C=O) groups is 1. The summed E-state index contributed by atoms with van der Waals surface area (Å²) in [7, 11) is 0. The Morgan fingerprint density at radius 2 is 2.12 bits per heavy atom. The van der Waals surface area contributed by atoms with Gasteiger partial charge >= 0.3 is 6.18 Å². The predicted octanol–water partition coefficient (Wildman–Crippen LogP) is 0.782. The third-order valence-corrected chi connectivity index (χ3v) is 2.59. The van der Waals surface area contributed by atoms with Crippen molar-refractivity contribution in [2.45, 2.75) is 44.4 Å². The van der Waals surface area contributed by atoms with Crippen molar-refractivity contribution in [2.75, 3.05) is 6.54 Å². The van der Waals surface area contributed by atoms with Gasteiger partial charge in [-0.15, -0.1) is 0 Å². The second-order valence-electron chi connectivity index (χ2n) is 4.14. The van der Waals surface area contributed by atoms with E-state index in [1.54, 1.807) is 6.92 Å². The van der Waals surface area contributed by atoms with E-state index in [1.807, 2.05) is 5.43 Å². The summed E-state index contributed by atoms with van der Waals surface area (Å²) >= 11 is 0. The molecule has 0 aromatic carbocycles. The van der Waals surface area contributed by atoms with Crippen LogP contribution < -0.4 is 11.3 Å². The lowest BCUT2D eigenvalue weighted by Gasteiger charge is -2.29. The number of nitrogens with one attached hydrogen (secondary N) is 1. The van der Waals surface area contributed by atoms with E-state index in [0.717, 1.165) is 12.8 Å². The van der Waals surface area contributed by atoms with Gasteiger partial charge in [-0.05, 0) is 19.8 Å². The van der Waals surface area contributed by atoms with E-state index < -0.39 is 24.7 Å². The van der Waals surface area contributed by atoms with Crippen LogP contribution in [0, 0.1) is 0 Å². The van der Waals surface area contributed by atoms with Gasteiger partial charge in [0.1, 0.15) is 0 Å². The maximum absolute atomic E-state index is 12.3. The molecule has 16 heavy (non-hydrogen) atoms. The van der Waals surface area contributed by atoms with Crippen molar-refractivity contribution in [3.05, 3.63) is 0 Å². The van der Waals surface area contributed by atoms with E-state index in [-0.39, 0.29) is 12.5 Å². The molecule has 0 radical (unpaired) electrons. The van der Waals surface area contributed by atoms with Crippen molar-refractivity contribution in [3.63, 3.8) is 0 Å². The zero-order valence-corrected chi connectivity index (χ0v) is 9.05. The Kier molecular flexibility index (Phi) is 4.15. The summed E-state index contributed by atoms with van der Waals surface area (Å²) in [4.78, 5) is 12.3. The minimum atomic E-state index is -4.23. The molecule has 4 nitrogen and oxygen atoms in total. The quantitative estimate of drug-likeness (QED) is 0.423. The molecule has 0 heterocycles. The van der Waals surface area contributed by atoms with Crippen LogP contribution >= 0.6 is 0 Å². The summed E-state index contributed by atoms with van der Waals surface area (Å²) in [6.45, 7) is 0.649. The van der Waals surface area contributed by atoms with Gasteiger partial charge in [0.2, 0.25) is 5.91 Å². The van der Waals surface area contributed by atoms with E-state index in [1.165, 1.54) is 4.90 Å². The Balaban J connectivity index is 2.52. The Morgan fingerprint density at radius 3 is 2.50 bits per heavy atom. The standard InChI is InChI=1S/C9H16F3N3O/c1-6(4-8(16)14-13)15(7-2-3-7)5-9(10,11)12/h6-7H,2-5,13H2,1H3,(H,14,16). The van der Waals surface area contributed by atoms with Crippen LogP contribution in [0.3, 0.4) is 0 Å². The Hall–Kier alpha value is -0.820. The van der Waals surface area contributed by atoms with Gasteiger partial charge in [-0.3, -0.25) is 15.1 Å². The van der Waals surface area contributed by atoms with Crippen LogP contribution in [-0.4, -0.2) is 35.6 Å². The third-order valence-electron chi connectivity index (χ3n) is 2.59.